The fraction of sp³-hybridized carbons (Fsp3) is 0.250. The molecule has 0 unspecified atom stereocenters. The van der Waals surface area contributed by atoms with E-state index in [0.29, 0.717) is 21.5 Å². The number of hydrogen-bond acceptors (Lipinski definition) is 2. The van der Waals surface area contributed by atoms with Crippen molar-refractivity contribution in [1.82, 2.24) is 0 Å². The standard InChI is InChI=1S/C16H16BrFO2/c1-3-11-4-7-15(16(8-11)19-2)20-10-12-5-6-13(17)9-14(12)18/h4-9H,3,10H2,1-2H3. The first kappa shape index (κ1) is 14.9. The molecule has 4 heteroatoms. The SMILES string of the molecule is CCc1ccc(OCc2ccc(Br)cc2F)c(OC)c1. The molecular formula is C16H16BrFO2. The van der Waals surface area contributed by atoms with Gasteiger partial charge in [-0.2, -0.15) is 0 Å². The van der Waals surface area contributed by atoms with Crippen molar-refractivity contribution in [2.45, 2.75) is 20.0 Å². The predicted octanol–water partition coefficient (Wildman–Crippen LogP) is 4.74. The maximum Gasteiger partial charge on any atom is 0.161 e. The fourth-order valence-electron chi connectivity index (χ4n) is 1.85. The number of aryl methyl sites for hydroxylation is 1. The van der Waals surface area contributed by atoms with Gasteiger partial charge in [-0.25, -0.2) is 4.39 Å². The zero-order valence-electron chi connectivity index (χ0n) is 11.5. The van der Waals surface area contributed by atoms with Gasteiger partial charge in [0.2, 0.25) is 0 Å². The topological polar surface area (TPSA) is 18.5 Å². The van der Waals surface area contributed by atoms with Gasteiger partial charge in [0, 0.05) is 10.0 Å². The molecule has 0 aliphatic rings. The molecule has 20 heavy (non-hydrogen) atoms. The first-order valence-electron chi connectivity index (χ1n) is 6.37. The summed E-state index contributed by atoms with van der Waals surface area (Å²) in [5.41, 5.74) is 1.68. The summed E-state index contributed by atoms with van der Waals surface area (Å²) in [6, 6.07) is 10.7. The Morgan fingerprint density at radius 2 is 1.90 bits per heavy atom. The molecule has 0 heterocycles. The maximum absolute atomic E-state index is 13.7. The van der Waals surface area contributed by atoms with Gasteiger partial charge in [0.15, 0.2) is 11.5 Å². The van der Waals surface area contributed by atoms with Crippen LogP contribution in [0.15, 0.2) is 40.9 Å². The summed E-state index contributed by atoms with van der Waals surface area (Å²) in [6.07, 6.45) is 0.929. The van der Waals surface area contributed by atoms with Crippen molar-refractivity contribution < 1.29 is 13.9 Å². The highest BCUT2D eigenvalue weighted by Crippen LogP contribution is 2.29. The summed E-state index contributed by atoms with van der Waals surface area (Å²) >= 11 is 3.23. The van der Waals surface area contributed by atoms with Gasteiger partial charge in [0.05, 0.1) is 7.11 Å². The second-order valence-corrected chi connectivity index (χ2v) is 5.28. The van der Waals surface area contributed by atoms with E-state index in [-0.39, 0.29) is 12.4 Å². The lowest BCUT2D eigenvalue weighted by Gasteiger charge is -2.12. The molecule has 0 aliphatic heterocycles. The number of hydrogen-bond donors (Lipinski definition) is 0. The van der Waals surface area contributed by atoms with Crippen LogP contribution in [0.2, 0.25) is 0 Å². The summed E-state index contributed by atoms with van der Waals surface area (Å²) in [5, 5.41) is 0. The summed E-state index contributed by atoms with van der Waals surface area (Å²) in [4.78, 5) is 0. The van der Waals surface area contributed by atoms with Gasteiger partial charge < -0.3 is 9.47 Å². The molecule has 2 nitrogen and oxygen atoms in total. The average Bonchev–Trinajstić information content (AvgIpc) is 2.46. The predicted molar refractivity (Wildman–Crippen MR) is 80.8 cm³/mol. The third-order valence-corrected chi connectivity index (χ3v) is 3.53. The van der Waals surface area contributed by atoms with E-state index >= 15 is 0 Å². The van der Waals surface area contributed by atoms with E-state index in [2.05, 4.69) is 22.9 Å². The van der Waals surface area contributed by atoms with Crippen molar-refractivity contribution in [3.8, 4) is 11.5 Å². The van der Waals surface area contributed by atoms with Gasteiger partial charge in [-0.15, -0.1) is 0 Å². The zero-order chi connectivity index (χ0) is 14.5. The molecule has 0 bridgehead atoms. The summed E-state index contributed by atoms with van der Waals surface area (Å²) in [7, 11) is 1.60. The summed E-state index contributed by atoms with van der Waals surface area (Å²) < 4.78 is 25.4. The van der Waals surface area contributed by atoms with Crippen molar-refractivity contribution in [2.24, 2.45) is 0 Å². The Balaban J connectivity index is 2.14. The Hall–Kier alpha value is -1.55. The van der Waals surface area contributed by atoms with E-state index in [9.17, 15) is 4.39 Å². The molecule has 0 spiro atoms. The third kappa shape index (κ3) is 3.51. The van der Waals surface area contributed by atoms with Crippen molar-refractivity contribution in [3.63, 3.8) is 0 Å². The van der Waals surface area contributed by atoms with E-state index < -0.39 is 0 Å². The highest BCUT2D eigenvalue weighted by Gasteiger charge is 2.08. The monoisotopic (exact) mass is 338 g/mol. The number of rotatable bonds is 5. The van der Waals surface area contributed by atoms with Crippen LogP contribution >= 0.6 is 15.9 Å². The average molecular weight is 339 g/mol. The second-order valence-electron chi connectivity index (χ2n) is 4.36. The molecule has 0 amide bonds. The largest absolute Gasteiger partial charge is 0.493 e. The molecule has 2 aromatic carbocycles. The Morgan fingerprint density at radius 1 is 1.10 bits per heavy atom. The Bertz CT molecular complexity index is 599. The Labute approximate surface area is 126 Å². The number of halogens is 2. The van der Waals surface area contributed by atoms with Crippen LogP contribution in [0.5, 0.6) is 11.5 Å². The van der Waals surface area contributed by atoms with Crippen molar-refractivity contribution in [2.75, 3.05) is 7.11 Å². The zero-order valence-corrected chi connectivity index (χ0v) is 13.0. The van der Waals surface area contributed by atoms with Crippen LogP contribution in [0, 0.1) is 5.82 Å². The molecule has 0 saturated heterocycles. The van der Waals surface area contributed by atoms with Gasteiger partial charge in [-0.1, -0.05) is 35.0 Å². The first-order valence-corrected chi connectivity index (χ1v) is 7.17. The molecule has 0 atom stereocenters. The molecule has 106 valence electrons. The normalized spacial score (nSPS) is 10.4. The lowest BCUT2D eigenvalue weighted by atomic mass is 10.1. The van der Waals surface area contributed by atoms with Gasteiger partial charge in [0.25, 0.3) is 0 Å². The molecular weight excluding hydrogens is 323 g/mol. The maximum atomic E-state index is 13.7. The lowest BCUT2D eigenvalue weighted by molar-refractivity contribution is 0.279. The number of benzene rings is 2. The van der Waals surface area contributed by atoms with Crippen LogP contribution in [-0.4, -0.2) is 7.11 Å². The van der Waals surface area contributed by atoms with E-state index in [1.807, 2.05) is 18.2 Å². The van der Waals surface area contributed by atoms with Crippen molar-refractivity contribution in [3.05, 3.63) is 57.8 Å². The highest BCUT2D eigenvalue weighted by atomic mass is 79.9. The van der Waals surface area contributed by atoms with Crippen molar-refractivity contribution >= 4 is 15.9 Å². The van der Waals surface area contributed by atoms with Gasteiger partial charge >= 0.3 is 0 Å². The van der Waals surface area contributed by atoms with Gasteiger partial charge in [-0.3, -0.25) is 0 Å². The Morgan fingerprint density at radius 3 is 2.55 bits per heavy atom. The van der Waals surface area contributed by atoms with E-state index in [0.717, 1.165) is 6.42 Å². The fourth-order valence-corrected chi connectivity index (χ4v) is 2.18. The Kier molecular flexibility index (Phi) is 5.01. The molecule has 0 N–H and O–H groups in total. The van der Waals surface area contributed by atoms with Crippen molar-refractivity contribution in [1.29, 1.82) is 0 Å². The molecule has 2 aromatic rings. The van der Waals surface area contributed by atoms with Crippen LogP contribution in [0.1, 0.15) is 18.1 Å². The highest BCUT2D eigenvalue weighted by molar-refractivity contribution is 9.10. The van der Waals surface area contributed by atoms with E-state index in [1.54, 1.807) is 19.2 Å². The van der Waals surface area contributed by atoms with Crippen LogP contribution in [-0.2, 0) is 13.0 Å². The van der Waals surface area contributed by atoms with Gasteiger partial charge in [-0.05, 0) is 36.2 Å². The third-order valence-electron chi connectivity index (χ3n) is 3.03. The van der Waals surface area contributed by atoms with Crippen LogP contribution in [0.3, 0.4) is 0 Å². The van der Waals surface area contributed by atoms with E-state index in [1.165, 1.54) is 11.6 Å². The number of methoxy groups -OCH3 is 1. The minimum absolute atomic E-state index is 0.168. The smallest absolute Gasteiger partial charge is 0.161 e. The van der Waals surface area contributed by atoms with Crippen LogP contribution < -0.4 is 9.47 Å². The molecule has 0 radical (unpaired) electrons. The molecule has 0 aromatic heterocycles. The van der Waals surface area contributed by atoms with Crippen LogP contribution in [0.25, 0.3) is 0 Å². The minimum Gasteiger partial charge on any atom is -0.493 e. The van der Waals surface area contributed by atoms with Crippen LogP contribution in [0.4, 0.5) is 4.39 Å². The quantitative estimate of drug-likeness (QED) is 0.783. The minimum atomic E-state index is -0.288. The van der Waals surface area contributed by atoms with E-state index in [4.69, 9.17) is 9.47 Å². The summed E-state index contributed by atoms with van der Waals surface area (Å²) in [5.74, 6) is 0.998. The molecule has 2 rings (SSSR count). The summed E-state index contributed by atoms with van der Waals surface area (Å²) in [6.45, 7) is 2.24. The lowest BCUT2D eigenvalue weighted by Crippen LogP contribution is -2.00. The molecule has 0 fully saturated rings. The van der Waals surface area contributed by atoms with Gasteiger partial charge in [0.1, 0.15) is 12.4 Å². The molecule has 0 aliphatic carbocycles. The number of ether oxygens (including phenoxy) is 2. The molecule has 0 saturated carbocycles. The second kappa shape index (κ2) is 6.75. The first-order chi connectivity index (χ1) is 9.63.